The number of hydrogen-bond donors (Lipinski definition) is 0. The number of likely N-dealkylation sites (tertiary alicyclic amines) is 1. The highest BCUT2D eigenvalue weighted by molar-refractivity contribution is 6.09. The Morgan fingerprint density at radius 1 is 0.786 bits per heavy atom. The third-order valence-corrected chi connectivity index (χ3v) is 7.35. The Kier molecular flexibility index (Phi) is 5.83. The van der Waals surface area contributed by atoms with Crippen LogP contribution in [-0.2, 0) is 19.2 Å². The van der Waals surface area contributed by atoms with Crippen molar-refractivity contribution in [2.75, 3.05) is 6.54 Å². The van der Waals surface area contributed by atoms with Gasteiger partial charge in [-0.1, -0.05) is 38.5 Å². The van der Waals surface area contributed by atoms with Crippen LogP contribution in [0.25, 0.3) is 0 Å². The monoisotopic (exact) mass is 388 g/mol. The molecule has 3 saturated carbocycles. The average molecular weight is 389 g/mol. The fraction of sp³-hybridized carbons (Fsp3) is 0.818. The summed E-state index contributed by atoms with van der Waals surface area (Å²) in [5.41, 5.74) is 0. The Labute approximate surface area is 167 Å². The van der Waals surface area contributed by atoms with E-state index in [1.165, 1.54) is 17.7 Å². The first kappa shape index (κ1) is 19.6. The van der Waals surface area contributed by atoms with Gasteiger partial charge in [-0.05, 0) is 32.1 Å². The summed E-state index contributed by atoms with van der Waals surface area (Å²) >= 11 is 0. The number of ketones is 1. The van der Waals surface area contributed by atoms with Gasteiger partial charge in [0.15, 0.2) is 0 Å². The van der Waals surface area contributed by atoms with Crippen LogP contribution in [0, 0.1) is 11.8 Å². The summed E-state index contributed by atoms with van der Waals surface area (Å²) in [5.74, 6) is -1.46. The van der Waals surface area contributed by atoms with Crippen molar-refractivity contribution in [2.24, 2.45) is 11.8 Å². The third-order valence-electron chi connectivity index (χ3n) is 7.35. The number of fused-ring (bicyclic) bond motifs is 1. The molecule has 0 N–H and O–H groups in total. The van der Waals surface area contributed by atoms with E-state index in [2.05, 4.69) is 4.90 Å². The number of carbonyl (C=O) groups excluding carboxylic acids is 4. The Hall–Kier alpha value is -1.72. The van der Waals surface area contributed by atoms with Crippen LogP contribution in [0.2, 0.25) is 0 Å². The van der Waals surface area contributed by atoms with Gasteiger partial charge in [-0.3, -0.25) is 24.1 Å². The van der Waals surface area contributed by atoms with Gasteiger partial charge in [-0.25, -0.2) is 0 Å². The molecule has 2 atom stereocenters. The Morgan fingerprint density at radius 3 is 1.89 bits per heavy atom. The molecule has 0 aromatic carbocycles. The molecule has 0 bridgehead atoms. The molecule has 3 aliphatic carbocycles. The van der Waals surface area contributed by atoms with E-state index < -0.39 is 11.8 Å². The number of rotatable bonds is 4. The van der Waals surface area contributed by atoms with Gasteiger partial charge < -0.3 is 4.90 Å². The summed E-state index contributed by atoms with van der Waals surface area (Å²) in [6.07, 6.45) is 12.2. The van der Waals surface area contributed by atoms with Crippen molar-refractivity contribution >= 4 is 23.5 Å². The minimum atomic E-state index is -0.528. The van der Waals surface area contributed by atoms with Gasteiger partial charge in [0.25, 0.3) is 0 Å². The Balaban J connectivity index is 1.49. The quantitative estimate of drug-likeness (QED) is 0.694. The predicted octanol–water partition coefficient (Wildman–Crippen LogP) is 2.83. The van der Waals surface area contributed by atoms with Crippen molar-refractivity contribution in [2.45, 2.75) is 95.6 Å². The molecule has 1 aliphatic heterocycles. The minimum absolute atomic E-state index is 0.0571. The lowest BCUT2D eigenvalue weighted by molar-refractivity contribution is -0.149. The van der Waals surface area contributed by atoms with Crippen molar-refractivity contribution in [1.82, 2.24) is 9.80 Å². The first-order chi connectivity index (χ1) is 13.6. The van der Waals surface area contributed by atoms with E-state index in [9.17, 15) is 19.2 Å². The molecule has 6 heteroatoms. The number of amides is 3. The molecule has 154 valence electrons. The summed E-state index contributed by atoms with van der Waals surface area (Å²) in [5, 5.41) is 0. The lowest BCUT2D eigenvalue weighted by Crippen LogP contribution is -2.52. The van der Waals surface area contributed by atoms with Crippen molar-refractivity contribution < 1.29 is 19.2 Å². The molecule has 0 aromatic rings. The van der Waals surface area contributed by atoms with E-state index in [1.807, 2.05) is 0 Å². The summed E-state index contributed by atoms with van der Waals surface area (Å²) in [7, 11) is 0. The van der Waals surface area contributed by atoms with Crippen LogP contribution in [-0.4, -0.2) is 51.9 Å². The molecular formula is C22H32N2O4. The number of carbonyl (C=O) groups is 4. The number of hydrogen-bond acceptors (Lipinski definition) is 4. The normalized spacial score (nSPS) is 29.9. The fourth-order valence-corrected chi connectivity index (χ4v) is 5.87. The lowest BCUT2D eigenvalue weighted by atomic mass is 9.80. The predicted molar refractivity (Wildman–Crippen MR) is 103 cm³/mol. The first-order valence-corrected chi connectivity index (χ1v) is 11.2. The lowest BCUT2D eigenvalue weighted by Gasteiger charge is -2.42. The average Bonchev–Trinajstić information content (AvgIpc) is 2.94. The zero-order valence-electron chi connectivity index (χ0n) is 16.7. The van der Waals surface area contributed by atoms with Gasteiger partial charge in [-0.15, -0.1) is 0 Å². The van der Waals surface area contributed by atoms with Crippen LogP contribution in [0.5, 0.6) is 0 Å². The van der Waals surface area contributed by atoms with Gasteiger partial charge in [0.1, 0.15) is 12.3 Å². The first-order valence-electron chi connectivity index (χ1n) is 11.2. The number of Topliss-reactive ketones (excluding diaryl/α,β-unsaturated/α-hetero) is 1. The zero-order valence-corrected chi connectivity index (χ0v) is 16.7. The molecular weight excluding hydrogens is 356 g/mol. The van der Waals surface area contributed by atoms with E-state index in [0.717, 1.165) is 51.4 Å². The van der Waals surface area contributed by atoms with Crippen LogP contribution in [0.15, 0.2) is 0 Å². The van der Waals surface area contributed by atoms with Crippen molar-refractivity contribution in [3.05, 3.63) is 0 Å². The molecule has 0 spiro atoms. The minimum Gasteiger partial charge on any atom is -0.335 e. The molecule has 6 nitrogen and oxygen atoms in total. The van der Waals surface area contributed by atoms with Gasteiger partial charge in [0, 0.05) is 24.9 Å². The van der Waals surface area contributed by atoms with Crippen LogP contribution >= 0.6 is 0 Å². The molecule has 4 rings (SSSR count). The second kappa shape index (κ2) is 8.34. The maximum Gasteiger partial charge on any atom is 0.243 e. The largest absolute Gasteiger partial charge is 0.335 e. The third kappa shape index (κ3) is 3.74. The molecule has 28 heavy (non-hydrogen) atoms. The molecule has 0 aromatic heterocycles. The van der Waals surface area contributed by atoms with Gasteiger partial charge in [0.2, 0.25) is 17.7 Å². The number of imide groups is 1. The van der Waals surface area contributed by atoms with E-state index in [1.54, 1.807) is 0 Å². The summed E-state index contributed by atoms with van der Waals surface area (Å²) < 4.78 is 0. The van der Waals surface area contributed by atoms with Gasteiger partial charge >= 0.3 is 0 Å². The van der Waals surface area contributed by atoms with Crippen molar-refractivity contribution in [3.63, 3.8) is 0 Å². The Morgan fingerprint density at radius 2 is 1.32 bits per heavy atom. The van der Waals surface area contributed by atoms with Crippen LogP contribution in [0.4, 0.5) is 0 Å². The summed E-state index contributed by atoms with van der Waals surface area (Å²) in [4.78, 5) is 53.9. The highest BCUT2D eigenvalue weighted by Crippen LogP contribution is 2.37. The molecule has 0 unspecified atom stereocenters. The fourth-order valence-electron chi connectivity index (χ4n) is 5.87. The Bertz CT molecular complexity index is 631. The van der Waals surface area contributed by atoms with Gasteiger partial charge in [0.05, 0.1) is 11.8 Å². The second-order valence-electron chi connectivity index (χ2n) is 9.14. The SMILES string of the molecule is O=C1CC[C@H]2C(=O)N(CC(=O)N(C3CCCCC3)C3CCCCC3)C(=O)[C@H]2C1. The topological polar surface area (TPSA) is 74.8 Å². The van der Waals surface area contributed by atoms with Crippen LogP contribution in [0.3, 0.4) is 0 Å². The maximum atomic E-state index is 13.4. The number of nitrogens with zero attached hydrogens (tertiary/aromatic N) is 2. The van der Waals surface area contributed by atoms with E-state index in [-0.39, 0.29) is 48.6 Å². The molecule has 3 amide bonds. The van der Waals surface area contributed by atoms with E-state index >= 15 is 0 Å². The van der Waals surface area contributed by atoms with Crippen molar-refractivity contribution in [1.29, 1.82) is 0 Å². The van der Waals surface area contributed by atoms with Crippen LogP contribution < -0.4 is 0 Å². The van der Waals surface area contributed by atoms with E-state index in [0.29, 0.717) is 12.8 Å². The van der Waals surface area contributed by atoms with Gasteiger partial charge in [-0.2, -0.15) is 0 Å². The smallest absolute Gasteiger partial charge is 0.243 e. The van der Waals surface area contributed by atoms with Crippen molar-refractivity contribution in [3.8, 4) is 0 Å². The maximum absolute atomic E-state index is 13.4. The standard InChI is InChI=1S/C22H32N2O4/c25-17-11-12-18-19(13-17)22(28)23(21(18)27)14-20(26)24(15-7-3-1-4-8-15)16-9-5-2-6-10-16/h15-16,18-19H,1-14H2/t18-,19+/m1/s1. The van der Waals surface area contributed by atoms with Crippen LogP contribution in [0.1, 0.15) is 83.5 Å². The molecule has 4 aliphatic rings. The summed E-state index contributed by atoms with van der Waals surface area (Å²) in [6.45, 7) is -0.133. The van der Waals surface area contributed by atoms with E-state index in [4.69, 9.17) is 0 Å². The second-order valence-corrected chi connectivity index (χ2v) is 9.14. The molecule has 1 heterocycles. The molecule has 4 fully saturated rings. The molecule has 0 radical (unpaired) electrons. The highest BCUT2D eigenvalue weighted by atomic mass is 16.2. The molecule has 1 saturated heterocycles. The zero-order chi connectivity index (χ0) is 19.7. The summed E-state index contributed by atoms with van der Waals surface area (Å²) in [6, 6.07) is 0.502. The highest BCUT2D eigenvalue weighted by Gasteiger charge is 2.51.